The molecule has 0 fully saturated rings. The van der Waals surface area contributed by atoms with E-state index in [-0.39, 0.29) is 28.5 Å². The number of carbonyl (C=O) groups excluding carboxylic acids is 1. The number of aromatic amines is 2. The van der Waals surface area contributed by atoms with Crippen molar-refractivity contribution in [3.8, 4) is 11.5 Å². The van der Waals surface area contributed by atoms with Crippen molar-refractivity contribution in [2.75, 3.05) is 10.6 Å². The molecule has 3 heterocycles. The maximum Gasteiger partial charge on any atom is 0.490 e. The fourth-order valence-corrected chi connectivity index (χ4v) is 3.53. The molecule has 0 atom stereocenters. The van der Waals surface area contributed by atoms with Crippen LogP contribution in [0.15, 0.2) is 78.0 Å². The Morgan fingerprint density at radius 2 is 1.60 bits per heavy atom. The fourth-order valence-electron chi connectivity index (χ4n) is 3.53. The highest BCUT2D eigenvalue weighted by atomic mass is 19.4. The number of nitrogens with one attached hydrogen (secondary N) is 4. The summed E-state index contributed by atoms with van der Waals surface area (Å²) in [7, 11) is 0. The van der Waals surface area contributed by atoms with Gasteiger partial charge in [-0.05, 0) is 36.4 Å². The highest BCUT2D eigenvalue weighted by Gasteiger charge is 2.38. The molecule has 5 N–H and O–H groups in total. The largest absolute Gasteiger partial charge is 0.490 e. The number of halogens is 6. The van der Waals surface area contributed by atoms with Gasteiger partial charge in [-0.3, -0.25) is 9.59 Å². The lowest BCUT2D eigenvalue weighted by Gasteiger charge is -2.13. The second-order valence-electron chi connectivity index (χ2n) is 8.39. The smallest absolute Gasteiger partial charge is 0.475 e. The van der Waals surface area contributed by atoms with Gasteiger partial charge in [0.1, 0.15) is 34.4 Å². The van der Waals surface area contributed by atoms with Gasteiger partial charge in [0.05, 0.1) is 11.1 Å². The Bertz CT molecular complexity index is 1870. The van der Waals surface area contributed by atoms with Crippen LogP contribution in [0.5, 0.6) is 11.5 Å². The standard InChI is InChI=1S/C25H16F3N5O3.C2HF3O2/c26-13-1-3-18(16(27)11-13)33-25(35)22-19(34)6-9-31-24(22)32-14-2-4-21(17(28)12-14)36-20-7-10-30-23-15(20)5-8-29-23;3-2(4,5)1(6)7/h1-12H,(H,29,30)(H,33,35)(H2,31,32,34);(H,6,7). The minimum atomic E-state index is -5.08. The number of carboxylic acids is 1. The number of pyridine rings is 2. The number of anilines is 3. The maximum absolute atomic E-state index is 14.9. The fraction of sp³-hybridized carbons (Fsp3) is 0.0370. The molecule has 5 aromatic rings. The number of hydrogen-bond donors (Lipinski definition) is 5. The van der Waals surface area contributed by atoms with Gasteiger partial charge in [0, 0.05) is 42.5 Å². The molecule has 0 aliphatic heterocycles. The predicted octanol–water partition coefficient (Wildman–Crippen LogP) is 6.09. The van der Waals surface area contributed by atoms with E-state index in [9.17, 15) is 35.9 Å². The third kappa shape index (κ3) is 7.29. The molecule has 0 unspecified atom stereocenters. The van der Waals surface area contributed by atoms with Crippen molar-refractivity contribution in [2.24, 2.45) is 0 Å². The van der Waals surface area contributed by atoms with Crippen LogP contribution in [0.2, 0.25) is 0 Å². The third-order valence-corrected chi connectivity index (χ3v) is 5.45. The Balaban J connectivity index is 0.000000541. The van der Waals surface area contributed by atoms with E-state index in [1.54, 1.807) is 18.3 Å². The molecule has 0 aliphatic rings. The maximum atomic E-state index is 14.9. The van der Waals surface area contributed by atoms with Gasteiger partial charge >= 0.3 is 12.1 Å². The monoisotopic (exact) mass is 605 g/mol. The number of carboxylic acid groups (broad SMARTS) is 1. The average molecular weight is 605 g/mol. The molecule has 16 heteroatoms. The van der Waals surface area contributed by atoms with Crippen LogP contribution in [0, 0.1) is 17.5 Å². The minimum absolute atomic E-state index is 0.0550. The van der Waals surface area contributed by atoms with Gasteiger partial charge in [0.2, 0.25) is 0 Å². The van der Waals surface area contributed by atoms with E-state index in [0.29, 0.717) is 22.8 Å². The number of fused-ring (bicyclic) bond motifs is 1. The first-order chi connectivity index (χ1) is 20.3. The van der Waals surface area contributed by atoms with Crippen LogP contribution >= 0.6 is 0 Å². The van der Waals surface area contributed by atoms with Crippen molar-refractivity contribution in [2.45, 2.75) is 6.18 Å². The van der Waals surface area contributed by atoms with E-state index in [1.807, 2.05) is 0 Å². The van der Waals surface area contributed by atoms with Gasteiger partial charge in [-0.2, -0.15) is 13.2 Å². The Kier molecular flexibility index (Phi) is 8.68. The molecule has 0 spiro atoms. The van der Waals surface area contributed by atoms with Crippen molar-refractivity contribution >= 4 is 40.1 Å². The van der Waals surface area contributed by atoms with Gasteiger partial charge in [-0.15, -0.1) is 0 Å². The molecule has 2 aromatic carbocycles. The van der Waals surface area contributed by atoms with Crippen LogP contribution in [0.1, 0.15) is 10.4 Å². The van der Waals surface area contributed by atoms with Crippen LogP contribution in [-0.4, -0.2) is 38.1 Å². The number of alkyl halides is 3. The summed E-state index contributed by atoms with van der Waals surface area (Å²) in [6, 6.07) is 11.0. The van der Waals surface area contributed by atoms with E-state index in [4.69, 9.17) is 14.6 Å². The van der Waals surface area contributed by atoms with E-state index in [2.05, 4.69) is 25.6 Å². The van der Waals surface area contributed by atoms with Crippen LogP contribution in [0.4, 0.5) is 43.5 Å². The zero-order chi connectivity index (χ0) is 31.3. The quantitative estimate of drug-likeness (QED) is 0.147. The van der Waals surface area contributed by atoms with Crippen molar-refractivity contribution in [3.05, 3.63) is 106 Å². The highest BCUT2D eigenvalue weighted by Crippen LogP contribution is 2.31. The first kappa shape index (κ1) is 30.2. The Hall–Kier alpha value is -5.80. The molecular formula is C27H17F6N5O5. The predicted molar refractivity (Wildman–Crippen MR) is 141 cm³/mol. The van der Waals surface area contributed by atoms with E-state index >= 15 is 0 Å². The lowest BCUT2D eigenvalue weighted by Crippen LogP contribution is -2.23. The molecular weight excluding hydrogens is 588 g/mol. The van der Waals surface area contributed by atoms with Crippen molar-refractivity contribution in [1.29, 1.82) is 0 Å². The number of aliphatic carboxylic acids is 1. The zero-order valence-electron chi connectivity index (χ0n) is 21.2. The molecule has 0 saturated heterocycles. The molecule has 10 nitrogen and oxygen atoms in total. The minimum Gasteiger partial charge on any atom is -0.475 e. The summed E-state index contributed by atoms with van der Waals surface area (Å²) in [5.74, 6) is -5.95. The van der Waals surface area contributed by atoms with Crippen LogP contribution in [0.25, 0.3) is 11.0 Å². The zero-order valence-corrected chi connectivity index (χ0v) is 21.2. The van der Waals surface area contributed by atoms with Gasteiger partial charge in [0.25, 0.3) is 5.91 Å². The number of benzene rings is 2. The van der Waals surface area contributed by atoms with Gasteiger partial charge in [-0.1, -0.05) is 0 Å². The number of aromatic nitrogens is 3. The second-order valence-corrected chi connectivity index (χ2v) is 8.39. The summed E-state index contributed by atoms with van der Waals surface area (Å²) in [5.41, 5.74) is -0.579. The van der Waals surface area contributed by atoms with E-state index < -0.39 is 40.9 Å². The molecule has 222 valence electrons. The topological polar surface area (TPSA) is 149 Å². The van der Waals surface area contributed by atoms with Crippen molar-refractivity contribution in [1.82, 2.24) is 15.0 Å². The number of amides is 1. The summed E-state index contributed by atoms with van der Waals surface area (Å²) >= 11 is 0. The van der Waals surface area contributed by atoms with Gasteiger partial charge in [0.15, 0.2) is 17.0 Å². The van der Waals surface area contributed by atoms with Crippen LogP contribution in [0.3, 0.4) is 0 Å². The lowest BCUT2D eigenvalue weighted by molar-refractivity contribution is -0.192. The molecule has 0 radical (unpaired) electrons. The first-order valence-corrected chi connectivity index (χ1v) is 11.8. The molecule has 0 aliphatic carbocycles. The summed E-state index contributed by atoms with van der Waals surface area (Å²) < 4.78 is 79.4. The average Bonchev–Trinajstić information content (AvgIpc) is 3.42. The van der Waals surface area contributed by atoms with Crippen LogP contribution < -0.4 is 20.8 Å². The lowest BCUT2D eigenvalue weighted by atomic mass is 10.2. The summed E-state index contributed by atoms with van der Waals surface area (Å²) in [6.45, 7) is 0. The number of nitrogens with zero attached hydrogens (tertiary/aromatic N) is 1. The highest BCUT2D eigenvalue weighted by molar-refractivity contribution is 6.07. The number of rotatable bonds is 6. The third-order valence-electron chi connectivity index (χ3n) is 5.45. The normalized spacial score (nSPS) is 10.9. The molecule has 5 rings (SSSR count). The summed E-state index contributed by atoms with van der Waals surface area (Å²) in [4.78, 5) is 43.9. The summed E-state index contributed by atoms with van der Waals surface area (Å²) in [6.07, 6.45) is -0.579. The molecule has 0 bridgehead atoms. The van der Waals surface area contributed by atoms with Crippen molar-refractivity contribution in [3.63, 3.8) is 0 Å². The number of H-pyrrole nitrogens is 2. The Labute approximate surface area is 236 Å². The molecule has 3 aromatic heterocycles. The number of carbonyl (C=O) groups is 2. The molecule has 1 amide bonds. The number of ether oxygens (including phenoxy) is 1. The van der Waals surface area contributed by atoms with E-state index in [0.717, 1.165) is 24.3 Å². The Morgan fingerprint density at radius 1 is 0.884 bits per heavy atom. The second kappa shape index (κ2) is 12.4. The molecule has 43 heavy (non-hydrogen) atoms. The van der Waals surface area contributed by atoms with E-state index in [1.165, 1.54) is 24.5 Å². The molecule has 0 saturated carbocycles. The summed E-state index contributed by atoms with van der Waals surface area (Å²) in [5, 5.41) is 12.8. The van der Waals surface area contributed by atoms with Gasteiger partial charge in [-0.25, -0.2) is 22.9 Å². The van der Waals surface area contributed by atoms with Crippen LogP contribution in [-0.2, 0) is 4.79 Å². The van der Waals surface area contributed by atoms with Gasteiger partial charge < -0.3 is 30.4 Å². The number of hydrogen-bond acceptors (Lipinski definition) is 6. The Morgan fingerprint density at radius 3 is 2.28 bits per heavy atom. The van der Waals surface area contributed by atoms with Crippen molar-refractivity contribution < 1.29 is 45.8 Å². The first-order valence-electron chi connectivity index (χ1n) is 11.8. The SMILES string of the molecule is O=C(Nc1ccc(F)cc1F)c1c(Nc2ccc(Oc3ccnc4[nH]ccc34)c(F)c2)[nH]ccc1=O.O=C(O)C(F)(F)F.